The van der Waals surface area contributed by atoms with Crippen molar-refractivity contribution in [2.24, 2.45) is 0 Å². The first-order valence-corrected chi connectivity index (χ1v) is 28.5. The zero-order valence-electron chi connectivity index (χ0n) is 45.6. The Morgan fingerprint density at radius 1 is 0.463 bits per heavy atom. The number of carbonyl (C=O) groups is 6. The first kappa shape index (κ1) is 67.6. The van der Waals surface area contributed by atoms with Crippen LogP contribution in [0.25, 0.3) is 0 Å². The van der Waals surface area contributed by atoms with Crippen LogP contribution in [0.15, 0.2) is 118 Å². The molecule has 22 heteroatoms. The van der Waals surface area contributed by atoms with Gasteiger partial charge < -0.3 is 40.1 Å². The lowest BCUT2D eigenvalue weighted by Crippen LogP contribution is -2.35. The molecule has 0 bridgehead atoms. The fourth-order valence-corrected chi connectivity index (χ4v) is 9.36. The molecule has 14 nitrogen and oxygen atoms in total. The third-order valence-electron chi connectivity index (χ3n) is 12.7. The van der Waals surface area contributed by atoms with Gasteiger partial charge in [0.25, 0.3) is 11.8 Å². The normalized spacial score (nSPS) is 11.2. The highest BCUT2D eigenvalue weighted by Gasteiger charge is 2.32. The van der Waals surface area contributed by atoms with Gasteiger partial charge in [-0.25, -0.2) is 9.59 Å². The molecule has 0 aliphatic rings. The van der Waals surface area contributed by atoms with E-state index in [0.717, 1.165) is 71.7 Å². The summed E-state index contributed by atoms with van der Waals surface area (Å²) in [7, 11) is 0. The molecule has 5 aromatic carbocycles. The summed E-state index contributed by atoms with van der Waals surface area (Å²) in [6.45, 7) is 4.73. The first-order chi connectivity index (χ1) is 38.9. The summed E-state index contributed by atoms with van der Waals surface area (Å²) in [5.74, 6) is -7.10. The van der Waals surface area contributed by atoms with Gasteiger partial charge in [0.2, 0.25) is 0 Å². The van der Waals surface area contributed by atoms with Gasteiger partial charge in [0, 0.05) is 59.3 Å². The molecule has 0 unspecified atom stereocenters. The number of benzene rings is 5. The Bertz CT molecular complexity index is 2860. The molecular formula is C60H68Br2F6N4O10. The number of nitrogens with zero attached hydrogens (tertiary/aromatic N) is 2. The van der Waals surface area contributed by atoms with E-state index in [-0.39, 0.29) is 38.0 Å². The molecule has 4 amide bonds. The number of hydrogen-bond acceptors (Lipinski definition) is 8. The number of aryl methyl sites for hydroxylation is 1. The predicted octanol–water partition coefficient (Wildman–Crippen LogP) is 14.2. The zero-order valence-corrected chi connectivity index (χ0v) is 48.8. The number of rotatable bonds is 29. The molecule has 0 saturated carbocycles. The van der Waals surface area contributed by atoms with Crippen molar-refractivity contribution in [3.8, 4) is 11.5 Å². The summed E-state index contributed by atoms with van der Waals surface area (Å²) in [6, 6.07) is 27.3. The fraction of sp³-hybridized carbons (Fsp3) is 0.400. The maximum atomic E-state index is 12.7. The van der Waals surface area contributed by atoms with Crippen molar-refractivity contribution in [3.63, 3.8) is 0 Å². The Labute approximate surface area is 490 Å². The van der Waals surface area contributed by atoms with E-state index in [1.165, 1.54) is 87.6 Å². The van der Waals surface area contributed by atoms with Gasteiger partial charge in [-0.1, -0.05) is 177 Å². The highest BCUT2D eigenvalue weighted by atomic mass is 79.9. The molecule has 5 rings (SSSR count). The van der Waals surface area contributed by atoms with Gasteiger partial charge >= 0.3 is 36.5 Å². The molecule has 0 spiro atoms. The molecule has 82 heavy (non-hydrogen) atoms. The lowest BCUT2D eigenvalue weighted by Gasteiger charge is -2.22. The number of aliphatic carboxylic acids is 2. The predicted molar refractivity (Wildman–Crippen MR) is 303 cm³/mol. The van der Waals surface area contributed by atoms with Gasteiger partial charge in [-0.2, -0.15) is 0 Å². The Morgan fingerprint density at radius 2 is 0.829 bits per heavy atom. The number of carboxylic acid groups (broad SMARTS) is 2. The number of amides is 4. The van der Waals surface area contributed by atoms with Gasteiger partial charge in [-0.3, -0.25) is 19.2 Å². The van der Waals surface area contributed by atoms with Crippen molar-refractivity contribution < 1.29 is 74.8 Å². The van der Waals surface area contributed by atoms with Crippen LogP contribution in [-0.2, 0) is 58.3 Å². The van der Waals surface area contributed by atoms with Crippen LogP contribution in [0.2, 0.25) is 0 Å². The smallest absolute Gasteiger partial charge is 0.474 e. The Morgan fingerprint density at radius 3 is 1.22 bits per heavy atom. The Balaban J connectivity index is 0.000000352. The molecule has 444 valence electrons. The van der Waals surface area contributed by atoms with Crippen LogP contribution in [0.4, 0.5) is 26.3 Å². The number of halogens is 8. The largest absolute Gasteiger partial charge is 0.573 e. The lowest BCUT2D eigenvalue weighted by atomic mass is 10.1. The summed E-state index contributed by atoms with van der Waals surface area (Å²) in [5, 5.41) is 24.3. The standard InChI is InChI=1S/C30H30BrF3N2O5.C30H38BrF3N2O5/c1-2-3-4-5-20-6-8-21(9-7-20)17-35-27(37)23-12-13-24(26(31)16-23)19-36(28(38)29(39)40)18-22-10-14-25(15-11-22)41-30(32,33)34;1-2-3-4-5-6-7-8-9-10-11-18-35-27(37)23-14-15-24(26(31)19-23)21-36(28(38)29(39)40)20-22-12-16-25(17-13-22)41-30(32,33)34/h6-16H,2-5,17-19H2,1H3,(H,35,37)(H,39,40);12-17,19H,2-11,18,20-21H2,1H3,(H,35,37)(H,39,40). The van der Waals surface area contributed by atoms with E-state index in [2.05, 4.69) is 77.9 Å². The molecule has 0 aliphatic carbocycles. The second-order valence-corrected chi connectivity index (χ2v) is 21.0. The fourth-order valence-electron chi connectivity index (χ4n) is 8.35. The van der Waals surface area contributed by atoms with E-state index < -0.39 is 48.0 Å². The van der Waals surface area contributed by atoms with E-state index in [0.29, 0.717) is 55.4 Å². The van der Waals surface area contributed by atoms with Crippen LogP contribution in [-0.4, -0.2) is 74.8 Å². The molecule has 0 fully saturated rings. The molecule has 4 N–H and O–H groups in total. The first-order valence-electron chi connectivity index (χ1n) is 26.9. The van der Waals surface area contributed by atoms with Gasteiger partial charge in [-0.05, 0) is 101 Å². The Hall–Kier alpha value is -6.94. The Kier molecular flexibility index (Phi) is 28.4. The molecule has 5 aromatic rings. The average Bonchev–Trinajstić information content (AvgIpc) is 3.64. The molecule has 0 saturated heterocycles. The van der Waals surface area contributed by atoms with Gasteiger partial charge in [0.15, 0.2) is 0 Å². The molecule has 0 heterocycles. The van der Waals surface area contributed by atoms with Crippen LogP contribution >= 0.6 is 31.9 Å². The lowest BCUT2D eigenvalue weighted by molar-refractivity contribution is -0.275. The number of ether oxygens (including phenoxy) is 2. The van der Waals surface area contributed by atoms with Crippen molar-refractivity contribution in [1.29, 1.82) is 0 Å². The highest BCUT2D eigenvalue weighted by Crippen LogP contribution is 2.28. The van der Waals surface area contributed by atoms with Crippen LogP contribution in [0, 0.1) is 0 Å². The SMILES string of the molecule is CCCCCCCCCCCCNC(=O)c1ccc(CN(Cc2ccc(OC(F)(F)F)cc2)C(=O)C(=O)O)c(Br)c1.CCCCCc1ccc(CNC(=O)c2ccc(CN(Cc3ccc(OC(F)(F)F)cc3)C(=O)C(=O)O)c(Br)c2)cc1. The van der Waals surface area contributed by atoms with E-state index >= 15 is 0 Å². The number of unbranched alkanes of at least 4 members (excludes halogenated alkanes) is 11. The van der Waals surface area contributed by atoms with E-state index in [1.54, 1.807) is 36.4 Å². The van der Waals surface area contributed by atoms with Crippen LogP contribution in [0.1, 0.15) is 151 Å². The van der Waals surface area contributed by atoms with Crippen molar-refractivity contribution in [3.05, 3.63) is 163 Å². The second-order valence-electron chi connectivity index (χ2n) is 19.3. The molecule has 0 atom stereocenters. The zero-order chi connectivity index (χ0) is 60.2. The van der Waals surface area contributed by atoms with Crippen molar-refractivity contribution in [2.45, 2.75) is 149 Å². The van der Waals surface area contributed by atoms with E-state index in [9.17, 15) is 65.3 Å². The minimum absolute atomic E-state index is 0.104. The van der Waals surface area contributed by atoms with Crippen molar-refractivity contribution in [2.75, 3.05) is 6.54 Å². The van der Waals surface area contributed by atoms with Crippen LogP contribution in [0.3, 0.4) is 0 Å². The highest BCUT2D eigenvalue weighted by molar-refractivity contribution is 9.10. The number of nitrogens with one attached hydrogen (secondary N) is 2. The number of hydrogen-bond donors (Lipinski definition) is 4. The molecule has 0 aliphatic heterocycles. The van der Waals surface area contributed by atoms with Gasteiger partial charge in [0.05, 0.1) is 0 Å². The van der Waals surface area contributed by atoms with Crippen molar-refractivity contribution >= 4 is 67.4 Å². The minimum atomic E-state index is -4.85. The minimum Gasteiger partial charge on any atom is -0.474 e. The quantitative estimate of drug-likeness (QED) is 0.0203. The molecule has 0 radical (unpaired) electrons. The third-order valence-corrected chi connectivity index (χ3v) is 14.2. The van der Waals surface area contributed by atoms with Gasteiger partial charge in [-0.15, -0.1) is 26.3 Å². The summed E-state index contributed by atoms with van der Waals surface area (Å²) in [5.41, 5.74) is 4.92. The summed E-state index contributed by atoms with van der Waals surface area (Å²) in [6.07, 6.45) is 6.92. The summed E-state index contributed by atoms with van der Waals surface area (Å²) >= 11 is 6.80. The van der Waals surface area contributed by atoms with Crippen LogP contribution in [0.5, 0.6) is 11.5 Å². The number of carboxylic acids is 2. The van der Waals surface area contributed by atoms with Crippen LogP contribution < -0.4 is 20.1 Å². The summed E-state index contributed by atoms with van der Waals surface area (Å²) < 4.78 is 83.1. The van der Waals surface area contributed by atoms with Crippen molar-refractivity contribution in [1.82, 2.24) is 20.4 Å². The topological polar surface area (TPSA) is 192 Å². The second kappa shape index (κ2) is 34.5. The van der Waals surface area contributed by atoms with E-state index in [4.69, 9.17) is 0 Å². The summed E-state index contributed by atoms with van der Waals surface area (Å²) in [4.78, 5) is 75.0. The maximum Gasteiger partial charge on any atom is 0.573 e. The molecular weight excluding hydrogens is 1210 g/mol. The van der Waals surface area contributed by atoms with Gasteiger partial charge in [0.1, 0.15) is 11.5 Å². The van der Waals surface area contributed by atoms with E-state index in [1.807, 2.05) is 12.1 Å². The third kappa shape index (κ3) is 25.5. The number of alkyl halides is 6. The average molecular weight is 1280 g/mol. The number of carbonyl (C=O) groups excluding carboxylic acids is 4. The monoisotopic (exact) mass is 1280 g/mol. The molecule has 0 aromatic heterocycles. The maximum absolute atomic E-state index is 12.7.